The van der Waals surface area contributed by atoms with Gasteiger partial charge in [0, 0.05) is 12.8 Å². The van der Waals surface area contributed by atoms with E-state index in [1.165, 1.54) is 167 Å². The molecule has 0 aromatic rings. The number of allylic oxidation sites excluding steroid dienone is 30. The summed E-state index contributed by atoms with van der Waals surface area (Å²) < 4.78 is 23.1. The van der Waals surface area contributed by atoms with E-state index in [9.17, 15) is 19.5 Å². The standard InChI is InChI=1S/C94H155NO8/c1-6-8-10-12-14-16-18-20-22-24-26-28-30-32-34-36-38-40-42-44-45-46-47-49-50-52-54-56-58-60-62-64-66-68-70-72-74-76-78-80-82-84-91(96)101-88-90(89-102-94(93(98)99)100-87-86-95(3,4)5)103-92(97)85-83-81-79-77-75-73-71-69-67-65-63-61-59-57-55-53-51-48-43-41-39-37-35-33-31-29-27-25-23-21-19-17-15-13-11-9-7-2/h8-11,14-17,20-23,26-29,32-35,38-41,44-45,48,51,55,57,90,94H,6-7,12-13,18-19,24-25,30-31,36-37,42-43,46-47,49-50,52-54,56,58-89H2,1-5H3/p+1/b10-8-,11-9-,16-14-,17-15-,22-20-,23-21-,28-26-,29-27-,34-32-,35-33-,40-38-,41-39-,45-44-,51-48-,57-55-. The number of likely N-dealkylation sites (N-methyl/N-ethyl adjacent to an activating group) is 1. The Kier molecular flexibility index (Phi) is 77.6. The first-order chi connectivity index (χ1) is 50.6. The summed E-state index contributed by atoms with van der Waals surface area (Å²) >= 11 is 0. The van der Waals surface area contributed by atoms with Gasteiger partial charge in [-0.1, -0.05) is 369 Å². The van der Waals surface area contributed by atoms with Gasteiger partial charge in [0.25, 0.3) is 6.29 Å². The van der Waals surface area contributed by atoms with E-state index in [1.807, 2.05) is 21.1 Å². The highest BCUT2D eigenvalue weighted by atomic mass is 16.7. The molecule has 0 spiro atoms. The summed E-state index contributed by atoms with van der Waals surface area (Å²) in [5.41, 5.74) is 0. The van der Waals surface area contributed by atoms with Crippen LogP contribution in [0.4, 0.5) is 0 Å². The van der Waals surface area contributed by atoms with Crippen molar-refractivity contribution < 1.29 is 42.9 Å². The van der Waals surface area contributed by atoms with Gasteiger partial charge in [0.2, 0.25) is 0 Å². The summed E-state index contributed by atoms with van der Waals surface area (Å²) in [4.78, 5) is 37.8. The average Bonchev–Trinajstić information content (AvgIpc) is 1.16. The maximum Gasteiger partial charge on any atom is 0.361 e. The predicted octanol–water partition coefficient (Wildman–Crippen LogP) is 27.5. The number of hydrogen-bond donors (Lipinski definition) is 1. The van der Waals surface area contributed by atoms with E-state index in [4.69, 9.17) is 18.9 Å². The van der Waals surface area contributed by atoms with Crippen molar-refractivity contribution in [1.29, 1.82) is 0 Å². The summed E-state index contributed by atoms with van der Waals surface area (Å²) in [5.74, 6) is -2.00. The molecule has 1 N–H and O–H groups in total. The Bertz CT molecular complexity index is 2360. The Hall–Kier alpha value is -5.61. The lowest BCUT2D eigenvalue weighted by Crippen LogP contribution is -2.40. The van der Waals surface area contributed by atoms with Gasteiger partial charge in [-0.25, -0.2) is 4.79 Å². The molecule has 584 valence electrons. The molecule has 0 saturated carbocycles. The highest BCUT2D eigenvalue weighted by molar-refractivity contribution is 5.71. The molecule has 0 aliphatic rings. The first-order valence-electron chi connectivity index (χ1n) is 41.9. The number of rotatable bonds is 76. The monoisotopic (exact) mass is 1430 g/mol. The van der Waals surface area contributed by atoms with Gasteiger partial charge in [0.15, 0.2) is 6.10 Å². The second-order valence-corrected chi connectivity index (χ2v) is 28.7. The number of carbonyl (C=O) groups excluding carboxylic acids is 2. The van der Waals surface area contributed by atoms with Gasteiger partial charge in [-0.05, 0) is 135 Å². The van der Waals surface area contributed by atoms with Crippen LogP contribution in [0.15, 0.2) is 182 Å². The molecule has 0 radical (unpaired) electrons. The number of carboxylic acid groups (broad SMARTS) is 1. The zero-order valence-corrected chi connectivity index (χ0v) is 66.9. The summed E-state index contributed by atoms with van der Waals surface area (Å²) in [7, 11) is 5.98. The van der Waals surface area contributed by atoms with Gasteiger partial charge in [-0.15, -0.1) is 0 Å². The number of esters is 2. The van der Waals surface area contributed by atoms with E-state index in [2.05, 4.69) is 196 Å². The van der Waals surface area contributed by atoms with Crippen LogP contribution in [0.5, 0.6) is 0 Å². The predicted molar refractivity (Wildman–Crippen MR) is 446 cm³/mol. The fourth-order valence-corrected chi connectivity index (χ4v) is 11.4. The van der Waals surface area contributed by atoms with Crippen molar-refractivity contribution in [2.24, 2.45) is 0 Å². The largest absolute Gasteiger partial charge is 0.477 e. The van der Waals surface area contributed by atoms with Crippen LogP contribution in [0.1, 0.15) is 335 Å². The molecule has 0 aliphatic carbocycles. The van der Waals surface area contributed by atoms with Crippen LogP contribution in [0.25, 0.3) is 0 Å². The third kappa shape index (κ3) is 83.5. The smallest absolute Gasteiger partial charge is 0.361 e. The minimum Gasteiger partial charge on any atom is -0.477 e. The van der Waals surface area contributed by atoms with Gasteiger partial charge in [-0.2, -0.15) is 0 Å². The number of ether oxygens (including phenoxy) is 4. The molecule has 2 unspecified atom stereocenters. The molecule has 0 saturated heterocycles. The molecule has 0 heterocycles. The number of unbranched alkanes of at least 4 members (excludes halogenated alkanes) is 31. The fraction of sp³-hybridized carbons (Fsp3) is 0.649. The van der Waals surface area contributed by atoms with Gasteiger partial charge in [0.05, 0.1) is 34.4 Å². The highest BCUT2D eigenvalue weighted by Crippen LogP contribution is 2.18. The Labute approximate surface area is 634 Å². The molecular formula is C94H156NO8+. The van der Waals surface area contributed by atoms with E-state index in [-0.39, 0.29) is 32.2 Å². The summed E-state index contributed by atoms with van der Waals surface area (Å²) in [6, 6.07) is 0. The lowest BCUT2D eigenvalue weighted by atomic mass is 10.0. The zero-order chi connectivity index (χ0) is 74.6. The van der Waals surface area contributed by atoms with Gasteiger partial charge < -0.3 is 28.5 Å². The summed E-state index contributed by atoms with van der Waals surface area (Å²) in [6.45, 7) is 4.66. The lowest BCUT2D eigenvalue weighted by Gasteiger charge is -2.25. The fourth-order valence-electron chi connectivity index (χ4n) is 11.4. The molecule has 9 nitrogen and oxygen atoms in total. The van der Waals surface area contributed by atoms with Crippen LogP contribution < -0.4 is 0 Å². The molecule has 0 amide bonds. The van der Waals surface area contributed by atoms with Crippen molar-refractivity contribution in [1.82, 2.24) is 0 Å². The Morgan fingerprint density at radius 2 is 0.524 bits per heavy atom. The number of carboxylic acids is 1. The van der Waals surface area contributed by atoms with Crippen molar-refractivity contribution in [3.05, 3.63) is 182 Å². The van der Waals surface area contributed by atoms with Crippen molar-refractivity contribution in [2.75, 3.05) is 47.5 Å². The third-order valence-corrected chi connectivity index (χ3v) is 17.7. The van der Waals surface area contributed by atoms with E-state index in [0.29, 0.717) is 23.9 Å². The molecule has 0 aromatic carbocycles. The van der Waals surface area contributed by atoms with Crippen LogP contribution in [-0.2, 0) is 33.3 Å². The van der Waals surface area contributed by atoms with Crippen LogP contribution in [0, 0.1) is 0 Å². The summed E-state index contributed by atoms with van der Waals surface area (Å²) in [6.07, 6.45) is 122. The normalized spacial score (nSPS) is 13.6. The molecule has 9 heteroatoms. The van der Waals surface area contributed by atoms with Crippen LogP contribution in [-0.4, -0.2) is 87.4 Å². The topological polar surface area (TPSA) is 108 Å². The maximum absolute atomic E-state index is 13.0. The molecule has 103 heavy (non-hydrogen) atoms. The van der Waals surface area contributed by atoms with E-state index < -0.39 is 24.3 Å². The Morgan fingerprint density at radius 1 is 0.291 bits per heavy atom. The molecular weight excluding hydrogens is 1270 g/mol. The van der Waals surface area contributed by atoms with E-state index in [1.54, 1.807) is 0 Å². The number of carbonyl (C=O) groups is 3. The first-order valence-corrected chi connectivity index (χ1v) is 41.9. The first kappa shape index (κ1) is 97.4. The van der Waals surface area contributed by atoms with Crippen LogP contribution >= 0.6 is 0 Å². The van der Waals surface area contributed by atoms with Gasteiger partial charge >= 0.3 is 17.9 Å². The number of nitrogens with zero attached hydrogens (tertiary/aromatic N) is 1. The summed E-state index contributed by atoms with van der Waals surface area (Å²) in [5, 5.41) is 9.79. The maximum atomic E-state index is 13.0. The minimum absolute atomic E-state index is 0.181. The van der Waals surface area contributed by atoms with Crippen LogP contribution in [0.2, 0.25) is 0 Å². The zero-order valence-electron chi connectivity index (χ0n) is 66.9. The second kappa shape index (κ2) is 82.1. The van der Waals surface area contributed by atoms with Crippen molar-refractivity contribution >= 4 is 17.9 Å². The molecule has 0 rings (SSSR count). The van der Waals surface area contributed by atoms with Gasteiger partial charge in [-0.3, -0.25) is 9.59 Å². The quantitative estimate of drug-likeness (QED) is 0.0211. The van der Waals surface area contributed by atoms with E-state index >= 15 is 0 Å². The minimum atomic E-state index is -1.52. The SMILES string of the molecule is CC/C=C\C/C=C\C/C=C\C/C=C\C/C=C\C/C=C\C/C=C\C/C=C\CCCCCCCCCCCCCCC(=O)OC(COC(=O)CCCCCCCCCCCCCCCCCCCCC/C=C\C/C=C\C/C=C\C/C=C\C/C=C\C/C=C\C/C=C\CC)COC(OCC[N+](C)(C)C)C(=O)O. The molecule has 0 fully saturated rings. The Balaban J connectivity index is 4.04. The van der Waals surface area contributed by atoms with Crippen molar-refractivity contribution in [2.45, 2.75) is 347 Å². The van der Waals surface area contributed by atoms with Gasteiger partial charge in [0.1, 0.15) is 13.2 Å². The van der Waals surface area contributed by atoms with Crippen LogP contribution in [0.3, 0.4) is 0 Å². The van der Waals surface area contributed by atoms with Crippen molar-refractivity contribution in [3.8, 4) is 0 Å². The highest BCUT2D eigenvalue weighted by Gasteiger charge is 2.25. The molecule has 0 aliphatic heterocycles. The van der Waals surface area contributed by atoms with Crippen molar-refractivity contribution in [3.63, 3.8) is 0 Å². The number of aliphatic carboxylic acids is 1. The Morgan fingerprint density at radius 3 is 0.777 bits per heavy atom. The second-order valence-electron chi connectivity index (χ2n) is 28.7. The molecule has 0 bridgehead atoms. The van der Waals surface area contributed by atoms with E-state index in [0.717, 1.165) is 135 Å². The number of quaternary nitrogens is 1. The molecule has 0 aromatic heterocycles. The number of hydrogen-bond acceptors (Lipinski definition) is 7. The lowest BCUT2D eigenvalue weighted by molar-refractivity contribution is -0.870. The molecule has 2 atom stereocenters. The average molecular weight is 1430 g/mol. The third-order valence-electron chi connectivity index (χ3n) is 17.7.